The first-order valence-electron chi connectivity index (χ1n) is 8.10. The van der Waals surface area contributed by atoms with Crippen molar-refractivity contribution in [1.29, 1.82) is 0 Å². The summed E-state index contributed by atoms with van der Waals surface area (Å²) >= 11 is 0. The topological polar surface area (TPSA) is 0 Å². The first kappa shape index (κ1) is 14.5. The van der Waals surface area contributed by atoms with Gasteiger partial charge in [0.25, 0.3) is 0 Å². The summed E-state index contributed by atoms with van der Waals surface area (Å²) in [7, 11) is 0. The van der Waals surface area contributed by atoms with Crippen molar-refractivity contribution in [3.8, 4) is 0 Å². The van der Waals surface area contributed by atoms with Gasteiger partial charge in [-0.15, -0.1) is 0 Å². The molecular weight excluding hydrogens is 288 g/mol. The van der Waals surface area contributed by atoms with Crippen LogP contribution in [-0.2, 0) is 0 Å². The molecule has 0 heterocycles. The second kappa shape index (κ2) is 5.82. The highest BCUT2D eigenvalue weighted by Crippen LogP contribution is 2.35. The van der Waals surface area contributed by atoms with E-state index in [2.05, 4.69) is 98.1 Å². The van der Waals surface area contributed by atoms with E-state index < -0.39 is 0 Å². The van der Waals surface area contributed by atoms with Gasteiger partial charge >= 0.3 is 0 Å². The molecule has 0 fully saturated rings. The average molecular weight is 306 g/mol. The largest absolute Gasteiger partial charge is 0.0905 e. The molecule has 0 radical (unpaired) electrons. The van der Waals surface area contributed by atoms with Gasteiger partial charge in [-0.2, -0.15) is 0 Å². The lowest BCUT2D eigenvalue weighted by molar-refractivity contribution is 1.65. The molecule has 0 aromatic heterocycles. The van der Waals surface area contributed by atoms with E-state index in [9.17, 15) is 0 Å². The number of rotatable bonds is 3. The lowest BCUT2D eigenvalue weighted by Crippen LogP contribution is -1.91. The SMILES string of the molecule is C=C(C(=C)c1cccc2ccccc12)c1cccc2ccccc12. The standard InChI is InChI=1S/C24H18/c1-17(21-15-7-11-19-9-3-5-13-23(19)21)18(2)22-16-8-12-20-10-4-6-14-24(20)22/h3-16H,1-2H2. The zero-order valence-corrected chi connectivity index (χ0v) is 13.5. The summed E-state index contributed by atoms with van der Waals surface area (Å²) < 4.78 is 0. The van der Waals surface area contributed by atoms with E-state index >= 15 is 0 Å². The van der Waals surface area contributed by atoms with Crippen LogP contribution >= 0.6 is 0 Å². The second-order valence-corrected chi connectivity index (χ2v) is 6.01. The maximum absolute atomic E-state index is 4.36. The number of fused-ring (bicyclic) bond motifs is 2. The minimum atomic E-state index is 0.975. The van der Waals surface area contributed by atoms with E-state index in [0.717, 1.165) is 22.3 Å². The number of benzene rings is 4. The van der Waals surface area contributed by atoms with Crippen LogP contribution in [0, 0.1) is 0 Å². The van der Waals surface area contributed by atoms with E-state index in [-0.39, 0.29) is 0 Å². The van der Waals surface area contributed by atoms with Gasteiger partial charge in [-0.1, -0.05) is 98.1 Å². The van der Waals surface area contributed by atoms with E-state index in [1.54, 1.807) is 0 Å². The van der Waals surface area contributed by atoms with Crippen LogP contribution in [0.25, 0.3) is 32.7 Å². The van der Waals surface area contributed by atoms with Crippen LogP contribution in [0.5, 0.6) is 0 Å². The Morgan fingerprint density at radius 1 is 0.458 bits per heavy atom. The quantitative estimate of drug-likeness (QED) is 0.368. The molecule has 0 amide bonds. The van der Waals surface area contributed by atoms with Crippen LogP contribution in [0.15, 0.2) is 98.1 Å². The van der Waals surface area contributed by atoms with Crippen molar-refractivity contribution in [3.63, 3.8) is 0 Å². The van der Waals surface area contributed by atoms with Crippen LogP contribution in [0.4, 0.5) is 0 Å². The Morgan fingerprint density at radius 3 is 1.29 bits per heavy atom. The van der Waals surface area contributed by atoms with Crippen molar-refractivity contribution in [1.82, 2.24) is 0 Å². The molecule has 114 valence electrons. The molecule has 0 saturated heterocycles. The Balaban J connectivity index is 1.85. The summed E-state index contributed by atoms with van der Waals surface area (Å²) in [6.45, 7) is 8.72. The van der Waals surface area contributed by atoms with E-state index in [1.807, 2.05) is 0 Å². The molecule has 0 aliphatic rings. The van der Waals surface area contributed by atoms with E-state index in [4.69, 9.17) is 0 Å². The molecule has 0 N–H and O–H groups in total. The van der Waals surface area contributed by atoms with Crippen molar-refractivity contribution in [3.05, 3.63) is 109 Å². The molecule has 4 aromatic rings. The molecule has 0 unspecified atom stereocenters. The Kier molecular flexibility index (Phi) is 3.51. The van der Waals surface area contributed by atoms with Gasteiger partial charge in [0.1, 0.15) is 0 Å². The Morgan fingerprint density at radius 2 is 0.833 bits per heavy atom. The summed E-state index contributed by atoms with van der Waals surface area (Å²) in [6, 6.07) is 29.5. The smallest absolute Gasteiger partial charge is 0.0105 e. The van der Waals surface area contributed by atoms with Gasteiger partial charge in [-0.05, 0) is 43.8 Å². The Labute approximate surface area is 142 Å². The van der Waals surface area contributed by atoms with Crippen molar-refractivity contribution < 1.29 is 0 Å². The zero-order valence-electron chi connectivity index (χ0n) is 13.5. The normalized spacial score (nSPS) is 10.8. The molecule has 4 aromatic carbocycles. The van der Waals surface area contributed by atoms with Gasteiger partial charge in [-0.25, -0.2) is 0 Å². The van der Waals surface area contributed by atoms with Crippen LogP contribution in [0.3, 0.4) is 0 Å². The zero-order chi connectivity index (χ0) is 16.5. The number of hydrogen-bond donors (Lipinski definition) is 0. The first-order chi connectivity index (χ1) is 11.8. The number of allylic oxidation sites excluding steroid dienone is 2. The summed E-state index contributed by atoms with van der Waals surface area (Å²) in [5.41, 5.74) is 4.24. The van der Waals surface area contributed by atoms with Gasteiger partial charge < -0.3 is 0 Å². The molecule has 0 nitrogen and oxygen atoms in total. The van der Waals surface area contributed by atoms with Crippen molar-refractivity contribution in [2.24, 2.45) is 0 Å². The molecule has 0 atom stereocenters. The van der Waals surface area contributed by atoms with Crippen molar-refractivity contribution >= 4 is 32.7 Å². The molecule has 0 heteroatoms. The van der Waals surface area contributed by atoms with Gasteiger partial charge in [0.2, 0.25) is 0 Å². The molecule has 0 saturated carbocycles. The van der Waals surface area contributed by atoms with E-state index in [0.29, 0.717) is 0 Å². The Hall–Kier alpha value is -3.12. The van der Waals surface area contributed by atoms with Crippen molar-refractivity contribution in [2.75, 3.05) is 0 Å². The van der Waals surface area contributed by atoms with Gasteiger partial charge in [0.05, 0.1) is 0 Å². The number of hydrogen-bond acceptors (Lipinski definition) is 0. The molecule has 4 rings (SSSR count). The summed E-state index contributed by atoms with van der Waals surface area (Å²) in [5.74, 6) is 0. The molecule has 0 spiro atoms. The maximum atomic E-state index is 4.36. The summed E-state index contributed by atoms with van der Waals surface area (Å²) in [6.07, 6.45) is 0. The van der Waals surface area contributed by atoms with E-state index in [1.165, 1.54) is 21.5 Å². The lowest BCUT2D eigenvalue weighted by Gasteiger charge is -2.14. The highest BCUT2D eigenvalue weighted by atomic mass is 14.1. The highest BCUT2D eigenvalue weighted by molar-refractivity contribution is 6.13. The average Bonchev–Trinajstić information content (AvgIpc) is 2.66. The molecule has 0 aliphatic carbocycles. The van der Waals surface area contributed by atoms with Crippen LogP contribution < -0.4 is 0 Å². The fourth-order valence-corrected chi connectivity index (χ4v) is 3.30. The monoisotopic (exact) mass is 306 g/mol. The summed E-state index contributed by atoms with van der Waals surface area (Å²) in [4.78, 5) is 0. The predicted octanol–water partition coefficient (Wildman–Crippen LogP) is 6.72. The minimum Gasteiger partial charge on any atom is -0.0905 e. The molecular formula is C24H18. The fourth-order valence-electron chi connectivity index (χ4n) is 3.30. The summed E-state index contributed by atoms with van der Waals surface area (Å²) in [5, 5.41) is 4.88. The third kappa shape index (κ3) is 2.33. The van der Waals surface area contributed by atoms with Crippen LogP contribution in [-0.4, -0.2) is 0 Å². The predicted molar refractivity (Wildman–Crippen MR) is 106 cm³/mol. The maximum Gasteiger partial charge on any atom is -0.0105 e. The van der Waals surface area contributed by atoms with Gasteiger partial charge in [0, 0.05) is 0 Å². The van der Waals surface area contributed by atoms with Crippen LogP contribution in [0.1, 0.15) is 11.1 Å². The lowest BCUT2D eigenvalue weighted by atomic mass is 9.89. The molecule has 0 bridgehead atoms. The molecule has 0 aliphatic heterocycles. The van der Waals surface area contributed by atoms with Gasteiger partial charge in [0.15, 0.2) is 0 Å². The molecule has 24 heavy (non-hydrogen) atoms. The van der Waals surface area contributed by atoms with Crippen molar-refractivity contribution in [2.45, 2.75) is 0 Å². The van der Waals surface area contributed by atoms with Gasteiger partial charge in [-0.3, -0.25) is 0 Å². The third-order valence-corrected chi connectivity index (χ3v) is 4.59. The minimum absolute atomic E-state index is 0.975. The fraction of sp³-hybridized carbons (Fsp3) is 0. The van der Waals surface area contributed by atoms with Crippen LogP contribution in [0.2, 0.25) is 0 Å². The first-order valence-corrected chi connectivity index (χ1v) is 8.10. The highest BCUT2D eigenvalue weighted by Gasteiger charge is 2.11. The Bertz CT molecular complexity index is 983. The second-order valence-electron chi connectivity index (χ2n) is 6.01. The third-order valence-electron chi connectivity index (χ3n) is 4.59.